The summed E-state index contributed by atoms with van der Waals surface area (Å²) in [6.45, 7) is 2.61. The number of likely N-dealkylation sites (tertiary alicyclic amines) is 1. The molecule has 2 aromatic carbocycles. The number of hydrogen-bond acceptors (Lipinski definition) is 4. The highest BCUT2D eigenvalue weighted by atomic mass is 79.9. The van der Waals surface area contributed by atoms with Gasteiger partial charge in [-0.2, -0.15) is 0 Å². The highest BCUT2D eigenvalue weighted by Crippen LogP contribution is 2.32. The summed E-state index contributed by atoms with van der Waals surface area (Å²) in [5.74, 6) is -0.372. The Balaban J connectivity index is 1.47. The second-order valence-electron chi connectivity index (χ2n) is 8.30. The number of halogens is 2. The molecule has 0 aromatic heterocycles. The molecule has 1 saturated heterocycles. The van der Waals surface area contributed by atoms with Crippen molar-refractivity contribution >= 4 is 33.5 Å². The second-order valence-corrected chi connectivity index (χ2v) is 8.62. The van der Waals surface area contributed by atoms with E-state index >= 15 is 0 Å². The number of carbonyl (C=O) groups is 1. The maximum absolute atomic E-state index is 12.4. The quantitative estimate of drug-likeness (QED) is 0.539. The molecule has 0 bridgehead atoms. The number of allylic oxidation sites excluding steroid dienone is 1. The first-order valence-electron chi connectivity index (χ1n) is 11.0. The van der Waals surface area contributed by atoms with Crippen molar-refractivity contribution in [2.45, 2.75) is 38.1 Å². The number of nitrogens with one attached hydrogen (secondary N) is 1. The lowest BCUT2D eigenvalue weighted by atomic mass is 9.92. The summed E-state index contributed by atoms with van der Waals surface area (Å²) in [7, 11) is 0. The van der Waals surface area contributed by atoms with Crippen molar-refractivity contribution < 1.29 is 13.0 Å². The minimum Gasteiger partial charge on any atom is -0.381 e. The number of nitrogens with zero attached hydrogens (tertiary/aromatic N) is 1. The van der Waals surface area contributed by atoms with Crippen LogP contribution in [-0.4, -0.2) is 43.2 Å². The van der Waals surface area contributed by atoms with Gasteiger partial charge in [0.05, 0.1) is 12.2 Å². The predicted molar refractivity (Wildman–Crippen MR) is 126 cm³/mol. The van der Waals surface area contributed by atoms with E-state index in [0.29, 0.717) is 18.0 Å². The molecule has 1 aliphatic heterocycles. The van der Waals surface area contributed by atoms with Crippen LogP contribution in [0.3, 0.4) is 0 Å². The minimum atomic E-state index is -0.372. The molecule has 0 amide bonds. The monoisotopic (exact) mass is 486 g/mol. The average molecular weight is 487 g/mol. The molecule has 4 nitrogen and oxygen atoms in total. The number of alkyl halides is 1. The van der Waals surface area contributed by atoms with Gasteiger partial charge >= 0.3 is 5.97 Å². The summed E-state index contributed by atoms with van der Waals surface area (Å²) in [4.78, 5) is 14.2. The van der Waals surface area contributed by atoms with Crippen LogP contribution in [0.2, 0.25) is 0 Å². The Hall–Kier alpha value is -2.18. The lowest BCUT2D eigenvalue weighted by Gasteiger charge is -2.17. The molecule has 1 atom stereocenters. The number of benzene rings is 2. The minimum absolute atomic E-state index is 0.239. The normalized spacial score (nSPS) is 18.8. The topological polar surface area (TPSA) is 41.6 Å². The van der Waals surface area contributed by atoms with Crippen LogP contribution in [0.4, 0.5) is 10.1 Å². The Morgan fingerprint density at radius 3 is 2.84 bits per heavy atom. The van der Waals surface area contributed by atoms with Crippen LogP contribution in [-0.2, 0) is 10.2 Å². The molecule has 4 rings (SSSR count). The summed E-state index contributed by atoms with van der Waals surface area (Å²) >= 11 is 2.78. The van der Waals surface area contributed by atoms with Gasteiger partial charge in [0.1, 0.15) is 0 Å². The molecule has 1 aliphatic carbocycles. The zero-order chi connectivity index (χ0) is 21.6. The number of carbonyl (C=O) groups excluding carboxylic acids is 1. The zero-order valence-electron chi connectivity index (χ0n) is 17.6. The van der Waals surface area contributed by atoms with E-state index in [0.717, 1.165) is 51.0 Å². The predicted octanol–water partition coefficient (Wildman–Crippen LogP) is 5.77. The van der Waals surface area contributed by atoms with Crippen LogP contribution in [0, 0.1) is 0 Å². The first-order valence-corrected chi connectivity index (χ1v) is 11.6. The van der Waals surface area contributed by atoms with Gasteiger partial charge in [0.25, 0.3) is 0 Å². The molecule has 164 valence electrons. The van der Waals surface area contributed by atoms with E-state index < -0.39 is 0 Å². The highest BCUT2D eigenvalue weighted by molar-refractivity contribution is 9.06. The Morgan fingerprint density at radius 2 is 2.06 bits per heavy atom. The van der Waals surface area contributed by atoms with Crippen LogP contribution in [0.15, 0.2) is 48.5 Å². The van der Waals surface area contributed by atoms with Gasteiger partial charge in [0, 0.05) is 31.4 Å². The second kappa shape index (κ2) is 10.4. The lowest BCUT2D eigenvalue weighted by molar-refractivity contribution is 0.0782. The Morgan fingerprint density at radius 1 is 1.23 bits per heavy atom. The molecular formula is C25H28BrFN2O2. The van der Waals surface area contributed by atoms with E-state index in [2.05, 4.69) is 56.8 Å². The van der Waals surface area contributed by atoms with Crippen molar-refractivity contribution in [3.05, 3.63) is 70.8 Å². The number of fused-ring (bicyclic) bond motifs is 1. The van der Waals surface area contributed by atoms with Gasteiger partial charge in [0.15, 0.2) is 16.3 Å². The molecule has 1 fully saturated rings. The molecule has 2 aliphatic rings. The third-order valence-electron chi connectivity index (χ3n) is 6.15. The summed E-state index contributed by atoms with van der Waals surface area (Å²) in [5, 5.41) is 3.62. The Kier molecular flexibility index (Phi) is 7.41. The standard InChI is InChI=1S/C25H28BrFN2O2/c26-31-25(30)20-8-11-24-19(16-20)4-1-2-5-23(24)18-6-9-21(10-7-18)28-22-12-15-29(17-22)14-3-13-27/h5-11,16,22,28H,1-4,12-15,17H2. The Labute approximate surface area is 191 Å². The fraction of sp³-hybridized carbons (Fsp3) is 0.400. The molecule has 1 N–H and O–H groups in total. The summed E-state index contributed by atoms with van der Waals surface area (Å²) in [6.07, 6.45) is 7.03. The van der Waals surface area contributed by atoms with E-state index in [1.165, 1.54) is 22.3 Å². The molecule has 1 heterocycles. The SMILES string of the molecule is O=C(OBr)c1ccc2c(c1)CCCC=C2c1ccc(NC2CCN(CCCF)C2)cc1. The number of aryl methyl sites for hydroxylation is 1. The van der Waals surface area contributed by atoms with Crippen molar-refractivity contribution in [3.63, 3.8) is 0 Å². The fourth-order valence-corrected chi connectivity index (χ4v) is 4.76. The van der Waals surface area contributed by atoms with Crippen molar-refractivity contribution in [3.8, 4) is 0 Å². The van der Waals surface area contributed by atoms with Crippen LogP contribution in [0.1, 0.15) is 52.7 Å². The molecule has 1 unspecified atom stereocenters. The number of hydrogen-bond donors (Lipinski definition) is 1. The van der Waals surface area contributed by atoms with E-state index in [4.69, 9.17) is 3.83 Å². The van der Waals surface area contributed by atoms with Crippen LogP contribution in [0.25, 0.3) is 5.57 Å². The molecule has 0 radical (unpaired) electrons. The Bertz CT molecular complexity index is 945. The van der Waals surface area contributed by atoms with Gasteiger partial charge < -0.3 is 14.0 Å². The van der Waals surface area contributed by atoms with Gasteiger partial charge in [-0.1, -0.05) is 24.3 Å². The smallest absolute Gasteiger partial charge is 0.349 e. The van der Waals surface area contributed by atoms with Crippen molar-refractivity contribution in [1.82, 2.24) is 4.90 Å². The van der Waals surface area contributed by atoms with Gasteiger partial charge in [-0.25, -0.2) is 4.79 Å². The third-order valence-corrected chi connectivity index (χ3v) is 6.44. The van der Waals surface area contributed by atoms with Gasteiger partial charge in [-0.3, -0.25) is 4.39 Å². The van der Waals surface area contributed by atoms with E-state index in [-0.39, 0.29) is 12.6 Å². The van der Waals surface area contributed by atoms with Crippen LogP contribution < -0.4 is 5.32 Å². The average Bonchev–Trinajstić information content (AvgIpc) is 3.14. The van der Waals surface area contributed by atoms with E-state index in [1.807, 2.05) is 18.2 Å². The molecule has 2 aromatic rings. The third kappa shape index (κ3) is 5.36. The molecule has 6 heteroatoms. The summed E-state index contributed by atoms with van der Waals surface area (Å²) in [6, 6.07) is 14.8. The van der Waals surface area contributed by atoms with Crippen LogP contribution in [0.5, 0.6) is 0 Å². The van der Waals surface area contributed by atoms with Crippen molar-refractivity contribution in [1.29, 1.82) is 0 Å². The molecule has 31 heavy (non-hydrogen) atoms. The van der Waals surface area contributed by atoms with Gasteiger partial charge in [-0.15, -0.1) is 0 Å². The van der Waals surface area contributed by atoms with Crippen molar-refractivity contribution in [2.75, 3.05) is 31.6 Å². The number of rotatable bonds is 7. The lowest BCUT2D eigenvalue weighted by Crippen LogP contribution is -2.27. The first kappa shape index (κ1) is 22.0. The van der Waals surface area contributed by atoms with Gasteiger partial charge in [0.2, 0.25) is 0 Å². The van der Waals surface area contributed by atoms with Gasteiger partial charge in [-0.05, 0) is 78.6 Å². The summed E-state index contributed by atoms with van der Waals surface area (Å²) < 4.78 is 17.1. The van der Waals surface area contributed by atoms with E-state index in [9.17, 15) is 9.18 Å². The molecular weight excluding hydrogens is 459 g/mol. The molecule has 0 saturated carbocycles. The van der Waals surface area contributed by atoms with Crippen LogP contribution >= 0.6 is 16.3 Å². The maximum atomic E-state index is 12.4. The largest absolute Gasteiger partial charge is 0.381 e. The van der Waals surface area contributed by atoms with E-state index in [1.54, 1.807) is 0 Å². The highest BCUT2D eigenvalue weighted by Gasteiger charge is 2.22. The molecule has 0 spiro atoms. The van der Waals surface area contributed by atoms with Crippen molar-refractivity contribution in [2.24, 2.45) is 0 Å². The number of anilines is 1. The maximum Gasteiger partial charge on any atom is 0.349 e. The zero-order valence-corrected chi connectivity index (χ0v) is 19.2. The fourth-order valence-electron chi connectivity index (χ4n) is 4.58. The first-order chi connectivity index (χ1) is 15.2. The summed E-state index contributed by atoms with van der Waals surface area (Å²) in [5.41, 5.74) is 6.44.